The van der Waals surface area contributed by atoms with Gasteiger partial charge < -0.3 is 15.0 Å². The fourth-order valence-corrected chi connectivity index (χ4v) is 2.18. The fraction of sp³-hybridized carbons (Fsp3) is 0.500. The van der Waals surface area contributed by atoms with Crippen LogP contribution in [0.15, 0.2) is 30.3 Å². The van der Waals surface area contributed by atoms with E-state index in [2.05, 4.69) is 5.32 Å². The summed E-state index contributed by atoms with van der Waals surface area (Å²) >= 11 is 0. The van der Waals surface area contributed by atoms with Crippen molar-refractivity contribution in [3.05, 3.63) is 35.9 Å². The molecule has 0 aromatic heterocycles. The minimum atomic E-state index is -0.156. The van der Waals surface area contributed by atoms with E-state index in [1.165, 1.54) is 0 Å². The Balaban J connectivity index is 2.40. The second-order valence-electron chi connectivity index (χ2n) is 4.86. The van der Waals surface area contributed by atoms with Crippen LogP contribution in [0, 0.1) is 0 Å². The van der Waals surface area contributed by atoms with Crippen LogP contribution in [0.5, 0.6) is 0 Å². The summed E-state index contributed by atoms with van der Waals surface area (Å²) < 4.78 is 5.07. The third-order valence-electron chi connectivity index (χ3n) is 3.26. The lowest BCUT2D eigenvalue weighted by Crippen LogP contribution is -2.42. The molecule has 0 radical (unpaired) electrons. The molecule has 5 nitrogen and oxygen atoms in total. The van der Waals surface area contributed by atoms with E-state index in [9.17, 15) is 9.59 Å². The first kappa shape index (κ1) is 17.2. The van der Waals surface area contributed by atoms with Crippen LogP contribution in [0.2, 0.25) is 0 Å². The van der Waals surface area contributed by atoms with Gasteiger partial charge in [-0.3, -0.25) is 9.59 Å². The Bertz CT molecular complexity index is 448. The van der Waals surface area contributed by atoms with E-state index in [0.29, 0.717) is 31.7 Å². The van der Waals surface area contributed by atoms with Crippen molar-refractivity contribution in [1.82, 2.24) is 10.2 Å². The highest BCUT2D eigenvalue weighted by Crippen LogP contribution is 2.03. The van der Waals surface area contributed by atoms with Crippen molar-refractivity contribution in [2.45, 2.75) is 26.3 Å². The Morgan fingerprint density at radius 2 is 1.95 bits per heavy atom. The minimum absolute atomic E-state index is 0.0235. The molecule has 0 heterocycles. The summed E-state index contributed by atoms with van der Waals surface area (Å²) in [6, 6.07) is 9.01. The number of carbonyl (C=O) groups excluding carboxylic acids is 2. The first-order valence-electron chi connectivity index (χ1n) is 7.21. The second kappa shape index (κ2) is 9.13. The van der Waals surface area contributed by atoms with Crippen molar-refractivity contribution in [2.24, 2.45) is 0 Å². The second-order valence-corrected chi connectivity index (χ2v) is 4.86. The summed E-state index contributed by atoms with van der Waals surface area (Å²) in [5, 5.41) is 2.76. The van der Waals surface area contributed by atoms with E-state index >= 15 is 0 Å². The molecule has 0 saturated carbocycles. The molecule has 1 N–H and O–H groups in total. The van der Waals surface area contributed by atoms with Gasteiger partial charge in [0.2, 0.25) is 5.91 Å². The van der Waals surface area contributed by atoms with Crippen LogP contribution in [0.4, 0.5) is 0 Å². The Morgan fingerprint density at radius 1 is 1.29 bits per heavy atom. The molecule has 0 unspecified atom stereocenters. The summed E-state index contributed by atoms with van der Waals surface area (Å²) in [5.41, 5.74) is 0.602. The normalized spacial score (nSPS) is 11.8. The van der Waals surface area contributed by atoms with E-state index in [1.807, 2.05) is 32.0 Å². The minimum Gasteiger partial charge on any atom is -0.383 e. The van der Waals surface area contributed by atoms with E-state index in [0.717, 1.165) is 0 Å². The summed E-state index contributed by atoms with van der Waals surface area (Å²) in [4.78, 5) is 25.7. The van der Waals surface area contributed by atoms with Gasteiger partial charge in [0.05, 0.1) is 12.6 Å². The number of carbonyl (C=O) groups is 2. The third kappa shape index (κ3) is 5.55. The van der Waals surface area contributed by atoms with Crippen LogP contribution in [0.25, 0.3) is 0 Å². The topological polar surface area (TPSA) is 58.6 Å². The van der Waals surface area contributed by atoms with Crippen molar-refractivity contribution in [1.29, 1.82) is 0 Å². The maximum Gasteiger partial charge on any atom is 0.251 e. The maximum atomic E-state index is 12.1. The highest BCUT2D eigenvalue weighted by Gasteiger charge is 2.18. The molecule has 0 aliphatic heterocycles. The Labute approximate surface area is 126 Å². The van der Waals surface area contributed by atoms with Gasteiger partial charge in [-0.15, -0.1) is 0 Å². The predicted octanol–water partition coefficient (Wildman–Crippen LogP) is 1.69. The molecule has 0 aliphatic rings. The number of benzene rings is 1. The number of hydrogen-bond acceptors (Lipinski definition) is 3. The Morgan fingerprint density at radius 3 is 2.52 bits per heavy atom. The van der Waals surface area contributed by atoms with Gasteiger partial charge in [-0.05, 0) is 26.0 Å². The van der Waals surface area contributed by atoms with Gasteiger partial charge in [-0.2, -0.15) is 0 Å². The molecule has 0 bridgehead atoms. The SMILES string of the molecule is CCN(C(=O)CCNC(=O)c1ccccc1)[C@H](C)COC. The van der Waals surface area contributed by atoms with Gasteiger partial charge in [0.15, 0.2) is 0 Å². The standard InChI is InChI=1S/C16H24N2O3/c1-4-18(13(2)12-21-3)15(19)10-11-17-16(20)14-8-6-5-7-9-14/h5-9,13H,4,10-12H2,1-3H3,(H,17,20)/t13-/m1/s1. The van der Waals surface area contributed by atoms with Crippen LogP contribution >= 0.6 is 0 Å². The molecular weight excluding hydrogens is 268 g/mol. The first-order chi connectivity index (χ1) is 10.1. The van der Waals surface area contributed by atoms with E-state index in [1.54, 1.807) is 24.1 Å². The molecule has 0 fully saturated rings. The highest BCUT2D eigenvalue weighted by molar-refractivity contribution is 5.94. The van der Waals surface area contributed by atoms with Crippen LogP contribution in [0.1, 0.15) is 30.6 Å². The lowest BCUT2D eigenvalue weighted by Gasteiger charge is -2.27. The van der Waals surface area contributed by atoms with Gasteiger partial charge in [-0.1, -0.05) is 18.2 Å². The van der Waals surface area contributed by atoms with Crippen molar-refractivity contribution in [3.63, 3.8) is 0 Å². The highest BCUT2D eigenvalue weighted by atomic mass is 16.5. The van der Waals surface area contributed by atoms with Crippen LogP contribution in [-0.2, 0) is 9.53 Å². The number of amides is 2. The third-order valence-corrected chi connectivity index (χ3v) is 3.26. The summed E-state index contributed by atoms with van der Waals surface area (Å²) in [6.45, 7) is 5.37. The maximum absolute atomic E-state index is 12.1. The molecule has 1 rings (SSSR count). The predicted molar refractivity (Wildman–Crippen MR) is 82.1 cm³/mol. The number of nitrogens with zero attached hydrogens (tertiary/aromatic N) is 1. The van der Waals surface area contributed by atoms with Gasteiger partial charge in [0, 0.05) is 32.2 Å². The molecule has 0 spiro atoms. The lowest BCUT2D eigenvalue weighted by molar-refractivity contribution is -0.133. The van der Waals surface area contributed by atoms with Gasteiger partial charge in [0.25, 0.3) is 5.91 Å². The van der Waals surface area contributed by atoms with Crippen LogP contribution < -0.4 is 5.32 Å². The van der Waals surface area contributed by atoms with Crippen molar-refractivity contribution in [3.8, 4) is 0 Å². The largest absolute Gasteiger partial charge is 0.383 e. The van der Waals surface area contributed by atoms with Crippen LogP contribution in [0.3, 0.4) is 0 Å². The molecule has 1 aromatic rings. The zero-order valence-electron chi connectivity index (χ0n) is 13.0. The zero-order chi connectivity index (χ0) is 15.7. The molecule has 21 heavy (non-hydrogen) atoms. The monoisotopic (exact) mass is 292 g/mol. The molecule has 0 aliphatic carbocycles. The first-order valence-corrected chi connectivity index (χ1v) is 7.21. The summed E-state index contributed by atoms with van der Waals surface area (Å²) in [6.07, 6.45) is 0.292. The number of nitrogens with one attached hydrogen (secondary N) is 1. The summed E-state index contributed by atoms with van der Waals surface area (Å²) in [7, 11) is 1.62. The molecule has 2 amide bonds. The summed E-state index contributed by atoms with van der Waals surface area (Å²) in [5.74, 6) is -0.133. The van der Waals surface area contributed by atoms with Crippen molar-refractivity contribution >= 4 is 11.8 Å². The zero-order valence-corrected chi connectivity index (χ0v) is 13.0. The molecule has 1 atom stereocenters. The number of hydrogen-bond donors (Lipinski definition) is 1. The number of rotatable bonds is 8. The molecule has 1 aromatic carbocycles. The molecule has 0 saturated heterocycles. The van der Waals surface area contributed by atoms with E-state index in [4.69, 9.17) is 4.74 Å². The number of ether oxygens (including phenoxy) is 1. The van der Waals surface area contributed by atoms with Gasteiger partial charge >= 0.3 is 0 Å². The molecule has 5 heteroatoms. The lowest BCUT2D eigenvalue weighted by atomic mass is 10.2. The Kier molecular flexibility index (Phi) is 7.46. The fourth-order valence-electron chi connectivity index (χ4n) is 2.18. The van der Waals surface area contributed by atoms with E-state index < -0.39 is 0 Å². The quantitative estimate of drug-likeness (QED) is 0.793. The van der Waals surface area contributed by atoms with Gasteiger partial charge in [0.1, 0.15) is 0 Å². The smallest absolute Gasteiger partial charge is 0.251 e. The van der Waals surface area contributed by atoms with E-state index in [-0.39, 0.29) is 17.9 Å². The van der Waals surface area contributed by atoms with Gasteiger partial charge in [-0.25, -0.2) is 0 Å². The number of likely N-dealkylation sites (N-methyl/N-ethyl adjacent to an activating group) is 1. The van der Waals surface area contributed by atoms with Crippen LogP contribution in [-0.4, -0.2) is 49.6 Å². The molecule has 116 valence electrons. The van der Waals surface area contributed by atoms with Crippen molar-refractivity contribution < 1.29 is 14.3 Å². The molecular formula is C16H24N2O3. The number of methoxy groups -OCH3 is 1. The average molecular weight is 292 g/mol. The average Bonchev–Trinajstić information content (AvgIpc) is 2.49. The Hall–Kier alpha value is -1.88. The van der Waals surface area contributed by atoms with Crippen molar-refractivity contribution in [2.75, 3.05) is 26.8 Å².